The van der Waals surface area contributed by atoms with Gasteiger partial charge in [-0.05, 0) is 43.9 Å². The molecule has 0 aromatic heterocycles. The maximum absolute atomic E-state index is 12.8. The van der Waals surface area contributed by atoms with Crippen molar-refractivity contribution >= 4 is 22.5 Å². The van der Waals surface area contributed by atoms with Gasteiger partial charge in [-0.1, -0.05) is 0 Å². The average molecular weight is 500 g/mol. The molecule has 34 heavy (non-hydrogen) atoms. The first-order chi connectivity index (χ1) is 16.3. The largest absolute Gasteiger partial charge is 0.354 e. The van der Waals surface area contributed by atoms with E-state index >= 15 is 0 Å². The van der Waals surface area contributed by atoms with Gasteiger partial charge < -0.3 is 10.2 Å². The summed E-state index contributed by atoms with van der Waals surface area (Å²) in [6.07, 6.45) is 4.01. The van der Waals surface area contributed by atoms with Gasteiger partial charge in [-0.3, -0.25) is 9.59 Å². The topological polar surface area (TPSA) is 114 Å². The van der Waals surface area contributed by atoms with Crippen LogP contribution in [0.1, 0.15) is 32.7 Å². The Morgan fingerprint density at radius 2 is 1.85 bits per heavy atom. The van der Waals surface area contributed by atoms with Gasteiger partial charge in [0.1, 0.15) is 11.6 Å². The summed E-state index contributed by atoms with van der Waals surface area (Å²) in [7, 11) is -3.51. The van der Waals surface area contributed by atoms with Crippen molar-refractivity contribution in [2.24, 2.45) is 11.8 Å². The Hall–Kier alpha value is -2.62. The van der Waals surface area contributed by atoms with E-state index in [2.05, 4.69) is 11.4 Å². The molecule has 3 fully saturated rings. The van der Waals surface area contributed by atoms with Crippen LogP contribution in [0.25, 0.3) is 0 Å². The first kappa shape index (κ1) is 26.0. The Balaban J connectivity index is 0.000000284. The minimum atomic E-state index is -3.51. The fourth-order valence-corrected chi connectivity index (χ4v) is 6.04. The van der Waals surface area contributed by atoms with E-state index in [1.165, 1.54) is 8.61 Å². The number of nitrogens with zero attached hydrogens (tertiary/aromatic N) is 4. The predicted molar refractivity (Wildman–Crippen MR) is 121 cm³/mol. The molecule has 0 unspecified atom stereocenters. The number of carbonyl (C=O) groups is 2. The fraction of sp³-hybridized carbons (Fsp3) is 0.591. The molecule has 188 valence electrons. The van der Waals surface area contributed by atoms with Crippen molar-refractivity contribution in [3.63, 3.8) is 0 Å². The Morgan fingerprint density at radius 3 is 2.50 bits per heavy atom. The van der Waals surface area contributed by atoms with Crippen molar-refractivity contribution in [3.05, 3.63) is 35.4 Å². The van der Waals surface area contributed by atoms with Crippen molar-refractivity contribution in [1.82, 2.24) is 18.8 Å². The highest BCUT2D eigenvalue weighted by atomic mass is 32.2. The van der Waals surface area contributed by atoms with E-state index < -0.39 is 21.8 Å². The third-order valence-electron chi connectivity index (χ3n) is 6.22. The third-order valence-corrected chi connectivity index (χ3v) is 8.15. The number of hydrogen-bond donors (Lipinski definition) is 1. The summed E-state index contributed by atoms with van der Waals surface area (Å²) >= 11 is 0. The Labute approximate surface area is 200 Å². The van der Waals surface area contributed by atoms with E-state index in [1.807, 2.05) is 4.90 Å². The Kier molecular flexibility index (Phi) is 8.93. The van der Waals surface area contributed by atoms with Gasteiger partial charge in [-0.2, -0.15) is 22.3 Å². The summed E-state index contributed by atoms with van der Waals surface area (Å²) in [5, 5.41) is 11.0. The number of amides is 2. The van der Waals surface area contributed by atoms with E-state index in [-0.39, 0.29) is 50.9 Å². The van der Waals surface area contributed by atoms with Crippen molar-refractivity contribution in [2.75, 3.05) is 39.3 Å². The molecule has 1 aromatic carbocycles. The van der Waals surface area contributed by atoms with Crippen LogP contribution in [0.4, 0.5) is 8.78 Å². The number of nitrogens with one attached hydrogen (secondary N) is 1. The van der Waals surface area contributed by atoms with Gasteiger partial charge in [0, 0.05) is 52.8 Å². The van der Waals surface area contributed by atoms with Crippen LogP contribution >= 0.6 is 0 Å². The van der Waals surface area contributed by atoms with Crippen molar-refractivity contribution in [3.8, 4) is 6.07 Å². The number of benzene rings is 1. The standard InChI is InChI=1S/C14H22N4O3S.C8H7F2NO.H2/c15-8-12-9-18(10-12)22(20,21)17-7-3-4-13(11-17)14(19)16-5-1-2-6-16;9-7-1-2-8(10)6(3-7)4-11-5-12;/h12-13H,1-7,9-11H2;1-3,5H,4H2,(H,11,12);1H/t13-;;/m0../s1. The average Bonchev–Trinajstić information content (AvgIpc) is 3.34. The smallest absolute Gasteiger partial charge is 0.282 e. The number of halogens is 2. The zero-order valence-electron chi connectivity index (χ0n) is 18.8. The lowest BCUT2D eigenvalue weighted by atomic mass is 9.98. The zero-order chi connectivity index (χ0) is 24.7. The summed E-state index contributed by atoms with van der Waals surface area (Å²) in [4.78, 5) is 24.2. The van der Waals surface area contributed by atoms with E-state index in [1.54, 1.807) is 0 Å². The number of hydrogen-bond acceptors (Lipinski definition) is 5. The third kappa shape index (κ3) is 6.28. The molecule has 0 radical (unpaired) electrons. The Morgan fingerprint density at radius 1 is 1.15 bits per heavy atom. The lowest BCUT2D eigenvalue weighted by molar-refractivity contribution is -0.135. The van der Waals surface area contributed by atoms with Crippen LogP contribution in [0.3, 0.4) is 0 Å². The van der Waals surface area contributed by atoms with Crippen molar-refractivity contribution in [1.29, 1.82) is 5.26 Å². The number of rotatable bonds is 6. The summed E-state index contributed by atoms with van der Waals surface area (Å²) in [5.41, 5.74) is 0.141. The second-order valence-electron chi connectivity index (χ2n) is 8.61. The van der Waals surface area contributed by atoms with E-state index in [4.69, 9.17) is 5.26 Å². The molecule has 3 saturated heterocycles. The van der Waals surface area contributed by atoms with Gasteiger partial charge in [0.05, 0.1) is 17.9 Å². The first-order valence-corrected chi connectivity index (χ1v) is 12.7. The minimum absolute atomic E-state index is 0. The number of carbonyl (C=O) groups excluding carboxylic acids is 2. The molecule has 0 saturated carbocycles. The van der Waals surface area contributed by atoms with E-state index in [0.29, 0.717) is 13.0 Å². The fourth-order valence-electron chi connectivity index (χ4n) is 4.25. The number of piperidine rings is 1. The maximum atomic E-state index is 12.8. The van der Waals surface area contributed by atoms with Crippen LogP contribution in [0.5, 0.6) is 0 Å². The molecule has 2 amide bonds. The van der Waals surface area contributed by atoms with Crippen LogP contribution in [0.15, 0.2) is 18.2 Å². The normalized spacial score (nSPS) is 21.7. The van der Waals surface area contributed by atoms with E-state index in [0.717, 1.165) is 57.0 Å². The molecule has 1 atom stereocenters. The highest BCUT2D eigenvalue weighted by molar-refractivity contribution is 7.86. The monoisotopic (exact) mass is 499 g/mol. The van der Waals surface area contributed by atoms with Gasteiger partial charge in [-0.15, -0.1) is 0 Å². The lowest BCUT2D eigenvalue weighted by Crippen LogP contribution is -2.57. The molecule has 12 heteroatoms. The highest BCUT2D eigenvalue weighted by Crippen LogP contribution is 2.27. The summed E-state index contributed by atoms with van der Waals surface area (Å²) in [5.74, 6) is -1.34. The second kappa shape index (κ2) is 11.7. The molecule has 0 spiro atoms. The molecule has 4 rings (SSSR count). The predicted octanol–water partition coefficient (Wildman–Crippen LogP) is 1.48. The van der Waals surface area contributed by atoms with Gasteiger partial charge in [0.2, 0.25) is 12.3 Å². The lowest BCUT2D eigenvalue weighted by Gasteiger charge is -2.40. The van der Waals surface area contributed by atoms with Crippen LogP contribution in [0, 0.1) is 34.8 Å². The first-order valence-electron chi connectivity index (χ1n) is 11.3. The van der Waals surface area contributed by atoms with Crippen LogP contribution in [-0.4, -0.2) is 73.5 Å². The summed E-state index contributed by atoms with van der Waals surface area (Å²) < 4.78 is 53.1. The van der Waals surface area contributed by atoms with Crippen molar-refractivity contribution < 1.29 is 28.2 Å². The molecule has 3 aliphatic heterocycles. The number of likely N-dealkylation sites (tertiary alicyclic amines) is 1. The van der Waals surface area contributed by atoms with Gasteiger partial charge in [-0.25, -0.2) is 8.78 Å². The number of nitriles is 1. The van der Waals surface area contributed by atoms with Crippen LogP contribution < -0.4 is 5.32 Å². The van der Waals surface area contributed by atoms with Gasteiger partial charge in [0.25, 0.3) is 10.2 Å². The quantitative estimate of drug-likeness (QED) is 0.596. The summed E-state index contributed by atoms with van der Waals surface area (Å²) in [6.45, 7) is 2.93. The molecule has 0 bridgehead atoms. The van der Waals surface area contributed by atoms with Gasteiger partial charge in [0.15, 0.2) is 0 Å². The minimum Gasteiger partial charge on any atom is -0.354 e. The van der Waals surface area contributed by atoms with E-state index in [9.17, 15) is 26.8 Å². The maximum Gasteiger partial charge on any atom is 0.282 e. The molecule has 3 aliphatic rings. The highest BCUT2D eigenvalue weighted by Gasteiger charge is 2.42. The molecular formula is C22H31F2N5O4S. The van der Waals surface area contributed by atoms with Crippen LogP contribution in [0.2, 0.25) is 0 Å². The zero-order valence-corrected chi connectivity index (χ0v) is 19.6. The van der Waals surface area contributed by atoms with Gasteiger partial charge >= 0.3 is 0 Å². The van der Waals surface area contributed by atoms with Crippen LogP contribution in [-0.2, 0) is 26.3 Å². The summed E-state index contributed by atoms with van der Waals surface area (Å²) in [6, 6.07) is 5.19. The molecule has 1 aromatic rings. The molecular weight excluding hydrogens is 468 g/mol. The molecule has 0 aliphatic carbocycles. The molecule has 1 N–H and O–H groups in total. The molecule has 3 heterocycles. The SMILES string of the molecule is N#CC1CN(S(=O)(=O)N2CCC[C@H](C(=O)N3CCCC3)C2)C1.O=CNCc1cc(F)ccc1F.[HH]. The Bertz CT molecular complexity index is 1030. The van der Waals surface area contributed by atoms with Crippen molar-refractivity contribution in [2.45, 2.75) is 32.2 Å². The second-order valence-corrected chi connectivity index (χ2v) is 10.5. The molecule has 9 nitrogen and oxygen atoms in total.